The Kier molecular flexibility index (Phi) is 3.80. The second-order valence-corrected chi connectivity index (χ2v) is 5.01. The second kappa shape index (κ2) is 5.21. The van der Waals surface area contributed by atoms with Gasteiger partial charge in [0.15, 0.2) is 17.5 Å². The largest absolute Gasteiger partial charge is 0.341 e. The minimum atomic E-state index is -1.62. The topological polar surface area (TPSA) is 46.3 Å². The molecule has 104 valence electrons. The average molecular weight is 272 g/mol. The van der Waals surface area contributed by atoms with E-state index in [9.17, 15) is 18.0 Å². The summed E-state index contributed by atoms with van der Waals surface area (Å²) in [4.78, 5) is 13.3. The molecule has 0 unspecified atom stereocenters. The second-order valence-electron chi connectivity index (χ2n) is 5.01. The van der Waals surface area contributed by atoms with Crippen LogP contribution in [0, 0.1) is 23.4 Å². The highest BCUT2D eigenvalue weighted by Crippen LogP contribution is 2.26. The normalized spacial score (nSPS) is 21.9. The maximum Gasteiger partial charge on any atom is 0.256 e. The fourth-order valence-corrected chi connectivity index (χ4v) is 2.30. The summed E-state index contributed by atoms with van der Waals surface area (Å²) < 4.78 is 39.3. The highest BCUT2D eigenvalue weighted by molar-refractivity contribution is 5.94. The molecule has 1 saturated carbocycles. The standard InChI is InChI=1S/C13H15F3N2O/c1-18(6-7-4-8(17)5-7)13(19)9-2-3-10(14)12(16)11(9)15/h2-3,7-8H,4-6,17H2,1H3. The van der Waals surface area contributed by atoms with E-state index in [1.54, 1.807) is 0 Å². The lowest BCUT2D eigenvalue weighted by Crippen LogP contribution is -2.43. The third-order valence-corrected chi connectivity index (χ3v) is 3.42. The van der Waals surface area contributed by atoms with Crippen molar-refractivity contribution in [1.82, 2.24) is 4.90 Å². The smallest absolute Gasteiger partial charge is 0.256 e. The van der Waals surface area contributed by atoms with E-state index < -0.39 is 28.9 Å². The van der Waals surface area contributed by atoms with Crippen LogP contribution in [0.2, 0.25) is 0 Å². The van der Waals surface area contributed by atoms with E-state index in [1.807, 2.05) is 0 Å². The van der Waals surface area contributed by atoms with Gasteiger partial charge in [-0.3, -0.25) is 4.79 Å². The zero-order valence-electron chi connectivity index (χ0n) is 10.5. The van der Waals surface area contributed by atoms with E-state index in [4.69, 9.17) is 5.73 Å². The Morgan fingerprint density at radius 3 is 2.53 bits per heavy atom. The highest BCUT2D eigenvalue weighted by Gasteiger charge is 2.29. The molecular formula is C13H15F3N2O. The number of hydrogen-bond donors (Lipinski definition) is 1. The summed E-state index contributed by atoms with van der Waals surface area (Å²) in [5.74, 6) is -4.73. The van der Waals surface area contributed by atoms with Crippen molar-refractivity contribution in [2.75, 3.05) is 13.6 Å². The van der Waals surface area contributed by atoms with Crippen LogP contribution >= 0.6 is 0 Å². The summed E-state index contributed by atoms with van der Waals surface area (Å²) in [6.45, 7) is 0.435. The summed E-state index contributed by atoms with van der Waals surface area (Å²) in [5.41, 5.74) is 5.18. The van der Waals surface area contributed by atoms with Crippen LogP contribution < -0.4 is 5.73 Å². The number of hydrogen-bond acceptors (Lipinski definition) is 2. The van der Waals surface area contributed by atoms with E-state index in [1.165, 1.54) is 11.9 Å². The lowest BCUT2D eigenvalue weighted by molar-refractivity contribution is 0.0728. The molecular weight excluding hydrogens is 257 g/mol. The number of halogens is 3. The molecule has 0 atom stereocenters. The Hall–Kier alpha value is -1.56. The van der Waals surface area contributed by atoms with Gasteiger partial charge in [0, 0.05) is 19.6 Å². The summed E-state index contributed by atoms with van der Waals surface area (Å²) in [6, 6.07) is 1.87. The molecule has 1 aliphatic rings. The average Bonchev–Trinajstić information content (AvgIpc) is 2.33. The fourth-order valence-electron chi connectivity index (χ4n) is 2.30. The SMILES string of the molecule is CN(CC1CC(N)C1)C(=O)c1ccc(F)c(F)c1F. The van der Waals surface area contributed by atoms with Crippen LogP contribution in [0.25, 0.3) is 0 Å². The highest BCUT2D eigenvalue weighted by atomic mass is 19.2. The Balaban J connectivity index is 2.09. The molecule has 6 heteroatoms. The Morgan fingerprint density at radius 1 is 1.32 bits per heavy atom. The molecule has 0 aliphatic heterocycles. The van der Waals surface area contributed by atoms with Gasteiger partial charge in [0.05, 0.1) is 5.56 Å². The number of nitrogens with zero attached hydrogens (tertiary/aromatic N) is 1. The molecule has 1 aromatic rings. The van der Waals surface area contributed by atoms with E-state index in [2.05, 4.69) is 0 Å². The first-order valence-corrected chi connectivity index (χ1v) is 6.04. The van der Waals surface area contributed by atoms with Gasteiger partial charge in [-0.05, 0) is 30.9 Å². The summed E-state index contributed by atoms with van der Waals surface area (Å²) in [5, 5.41) is 0. The van der Waals surface area contributed by atoms with Gasteiger partial charge < -0.3 is 10.6 Å². The molecule has 0 heterocycles. The van der Waals surface area contributed by atoms with Crippen LogP contribution in [0.5, 0.6) is 0 Å². The summed E-state index contributed by atoms with van der Waals surface area (Å²) >= 11 is 0. The predicted molar refractivity (Wildman–Crippen MR) is 64.0 cm³/mol. The van der Waals surface area contributed by atoms with Crippen molar-refractivity contribution in [2.45, 2.75) is 18.9 Å². The number of amides is 1. The number of rotatable bonds is 3. The van der Waals surface area contributed by atoms with E-state index in [0.29, 0.717) is 6.54 Å². The van der Waals surface area contributed by atoms with Crippen LogP contribution in [0.1, 0.15) is 23.2 Å². The molecule has 2 rings (SSSR count). The van der Waals surface area contributed by atoms with Crippen LogP contribution in [0.3, 0.4) is 0 Å². The zero-order chi connectivity index (χ0) is 14.2. The lowest BCUT2D eigenvalue weighted by Gasteiger charge is -2.35. The molecule has 1 amide bonds. The van der Waals surface area contributed by atoms with E-state index in [0.717, 1.165) is 25.0 Å². The van der Waals surface area contributed by atoms with Crippen molar-refractivity contribution >= 4 is 5.91 Å². The first-order chi connectivity index (χ1) is 8.90. The monoisotopic (exact) mass is 272 g/mol. The van der Waals surface area contributed by atoms with Crippen LogP contribution in [0.4, 0.5) is 13.2 Å². The fraction of sp³-hybridized carbons (Fsp3) is 0.462. The molecule has 0 bridgehead atoms. The Bertz CT molecular complexity index is 501. The van der Waals surface area contributed by atoms with Crippen molar-refractivity contribution in [2.24, 2.45) is 11.7 Å². The van der Waals surface area contributed by atoms with Gasteiger partial charge in [0.2, 0.25) is 0 Å². The third kappa shape index (κ3) is 2.73. The maximum atomic E-state index is 13.5. The summed E-state index contributed by atoms with van der Waals surface area (Å²) in [7, 11) is 1.51. The van der Waals surface area contributed by atoms with Crippen LogP contribution in [0.15, 0.2) is 12.1 Å². The van der Waals surface area contributed by atoms with Gasteiger partial charge in [-0.2, -0.15) is 0 Å². The molecule has 0 aromatic heterocycles. The van der Waals surface area contributed by atoms with Crippen molar-refractivity contribution in [3.05, 3.63) is 35.1 Å². The number of carbonyl (C=O) groups excluding carboxylic acids is 1. The van der Waals surface area contributed by atoms with Crippen molar-refractivity contribution < 1.29 is 18.0 Å². The molecule has 1 aromatic carbocycles. The summed E-state index contributed by atoms with van der Waals surface area (Å²) in [6.07, 6.45) is 1.63. The first-order valence-electron chi connectivity index (χ1n) is 6.04. The van der Waals surface area contributed by atoms with E-state index in [-0.39, 0.29) is 12.0 Å². The van der Waals surface area contributed by atoms with Crippen molar-refractivity contribution in [1.29, 1.82) is 0 Å². The molecule has 3 nitrogen and oxygen atoms in total. The van der Waals surface area contributed by atoms with E-state index >= 15 is 0 Å². The van der Waals surface area contributed by atoms with Gasteiger partial charge >= 0.3 is 0 Å². The number of benzene rings is 1. The minimum Gasteiger partial charge on any atom is -0.341 e. The Labute approximate surface area is 109 Å². The molecule has 19 heavy (non-hydrogen) atoms. The predicted octanol–water partition coefficient (Wildman–Crippen LogP) is 1.91. The minimum absolute atomic E-state index is 0.161. The van der Waals surface area contributed by atoms with Gasteiger partial charge in [0.25, 0.3) is 5.91 Å². The first kappa shape index (κ1) is 13.9. The molecule has 1 fully saturated rings. The van der Waals surface area contributed by atoms with Gasteiger partial charge in [-0.1, -0.05) is 0 Å². The van der Waals surface area contributed by atoms with Crippen molar-refractivity contribution in [3.8, 4) is 0 Å². The Morgan fingerprint density at radius 2 is 1.95 bits per heavy atom. The van der Waals surface area contributed by atoms with Gasteiger partial charge in [-0.15, -0.1) is 0 Å². The lowest BCUT2D eigenvalue weighted by atomic mass is 9.80. The van der Waals surface area contributed by atoms with Crippen LogP contribution in [-0.4, -0.2) is 30.4 Å². The molecule has 0 spiro atoms. The zero-order valence-corrected chi connectivity index (χ0v) is 10.5. The quantitative estimate of drug-likeness (QED) is 0.854. The maximum absolute atomic E-state index is 13.5. The molecule has 2 N–H and O–H groups in total. The molecule has 0 radical (unpaired) electrons. The van der Waals surface area contributed by atoms with Crippen molar-refractivity contribution in [3.63, 3.8) is 0 Å². The third-order valence-electron chi connectivity index (χ3n) is 3.42. The van der Waals surface area contributed by atoms with Crippen LogP contribution in [-0.2, 0) is 0 Å². The van der Waals surface area contributed by atoms with Gasteiger partial charge in [0.1, 0.15) is 0 Å². The van der Waals surface area contributed by atoms with Gasteiger partial charge in [-0.25, -0.2) is 13.2 Å². The molecule has 0 saturated heterocycles. The number of nitrogens with two attached hydrogens (primary N) is 1. The number of carbonyl (C=O) groups is 1. The molecule has 1 aliphatic carbocycles.